The Labute approximate surface area is 146 Å². The third-order valence-electron chi connectivity index (χ3n) is 5.99. The van der Waals surface area contributed by atoms with Gasteiger partial charge in [-0.15, -0.1) is 0 Å². The van der Waals surface area contributed by atoms with Gasteiger partial charge in [-0.2, -0.15) is 4.98 Å². The first kappa shape index (κ1) is 16.5. The van der Waals surface area contributed by atoms with Crippen LogP contribution in [0.4, 0.5) is 4.79 Å². The highest BCUT2D eigenvalue weighted by Crippen LogP contribution is 2.39. The van der Waals surface area contributed by atoms with Gasteiger partial charge in [0.25, 0.3) is 5.91 Å². The lowest BCUT2D eigenvalue weighted by Crippen LogP contribution is -2.56. The molecular weight excluding hydrogens is 322 g/mol. The van der Waals surface area contributed by atoms with Crippen LogP contribution in [-0.2, 0) is 4.79 Å². The van der Waals surface area contributed by atoms with Gasteiger partial charge in [-0.3, -0.25) is 14.6 Å². The summed E-state index contributed by atoms with van der Waals surface area (Å²) < 4.78 is 5.47. The number of rotatable bonds is 4. The molecule has 8 heteroatoms. The van der Waals surface area contributed by atoms with Crippen LogP contribution in [0.3, 0.4) is 0 Å². The zero-order valence-electron chi connectivity index (χ0n) is 15.0. The molecule has 0 unspecified atom stereocenters. The van der Waals surface area contributed by atoms with E-state index in [2.05, 4.69) is 27.3 Å². The molecule has 3 atom stereocenters. The molecule has 8 nitrogen and oxygen atoms in total. The zero-order chi connectivity index (χ0) is 17.8. The van der Waals surface area contributed by atoms with Gasteiger partial charge in [-0.1, -0.05) is 5.16 Å². The zero-order valence-corrected chi connectivity index (χ0v) is 15.0. The predicted molar refractivity (Wildman–Crippen MR) is 88.7 cm³/mol. The lowest BCUT2D eigenvalue weighted by molar-refractivity contribution is -0.132. The van der Waals surface area contributed by atoms with Crippen LogP contribution in [0.2, 0.25) is 0 Å². The summed E-state index contributed by atoms with van der Waals surface area (Å²) in [6.45, 7) is 5.55. The smallest absolute Gasteiger partial charge is 0.324 e. The van der Waals surface area contributed by atoms with Gasteiger partial charge in [0.1, 0.15) is 5.54 Å². The number of carbonyl (C=O) groups is 2. The van der Waals surface area contributed by atoms with Crippen molar-refractivity contribution in [2.45, 2.75) is 57.0 Å². The van der Waals surface area contributed by atoms with Gasteiger partial charge in [0.15, 0.2) is 5.82 Å². The summed E-state index contributed by atoms with van der Waals surface area (Å²) in [7, 11) is 1.53. The van der Waals surface area contributed by atoms with Crippen molar-refractivity contribution < 1.29 is 14.1 Å². The molecule has 1 N–H and O–H groups in total. The van der Waals surface area contributed by atoms with Crippen LogP contribution in [-0.4, -0.2) is 57.6 Å². The quantitative estimate of drug-likeness (QED) is 0.833. The maximum atomic E-state index is 12.6. The number of hydrogen-bond donors (Lipinski definition) is 1. The Hall–Kier alpha value is -1.96. The molecule has 0 aromatic carbocycles. The van der Waals surface area contributed by atoms with E-state index in [0.29, 0.717) is 11.8 Å². The standard InChI is InChI=1S/C17H25N5O3/c1-10(14-18-13(20-25-14)11-6-7-11)22-8-4-5-12(9-22)17(2)15(23)21(3)16(24)19-17/h10-12H,4-9H2,1-3H3,(H,19,24)/t10-,12+,17+/m1/s1. The highest BCUT2D eigenvalue weighted by molar-refractivity contribution is 6.06. The highest BCUT2D eigenvalue weighted by Gasteiger charge is 2.52. The van der Waals surface area contributed by atoms with E-state index in [1.165, 1.54) is 11.9 Å². The van der Waals surface area contributed by atoms with Crippen LogP contribution in [0.25, 0.3) is 0 Å². The maximum absolute atomic E-state index is 12.6. The number of nitrogens with zero attached hydrogens (tertiary/aromatic N) is 4. The largest absolute Gasteiger partial charge is 0.338 e. The summed E-state index contributed by atoms with van der Waals surface area (Å²) in [5.41, 5.74) is -0.835. The fourth-order valence-electron chi connectivity index (χ4n) is 3.99. The van der Waals surface area contributed by atoms with Crippen molar-refractivity contribution in [3.05, 3.63) is 11.7 Å². The minimum atomic E-state index is -0.835. The van der Waals surface area contributed by atoms with Gasteiger partial charge < -0.3 is 9.84 Å². The highest BCUT2D eigenvalue weighted by atomic mass is 16.5. The summed E-state index contributed by atoms with van der Waals surface area (Å²) >= 11 is 0. The lowest BCUT2D eigenvalue weighted by Gasteiger charge is -2.41. The first-order valence-electron chi connectivity index (χ1n) is 9.08. The summed E-state index contributed by atoms with van der Waals surface area (Å²) in [6, 6.07) is -0.306. The molecule has 2 saturated heterocycles. The molecule has 1 aromatic heterocycles. The molecule has 0 spiro atoms. The van der Waals surface area contributed by atoms with E-state index >= 15 is 0 Å². The second kappa shape index (κ2) is 5.79. The molecule has 1 aromatic rings. The van der Waals surface area contributed by atoms with E-state index < -0.39 is 5.54 Å². The van der Waals surface area contributed by atoms with Crippen LogP contribution in [0.15, 0.2) is 4.52 Å². The van der Waals surface area contributed by atoms with Crippen LogP contribution in [0, 0.1) is 5.92 Å². The Bertz CT molecular complexity index is 700. The molecule has 3 fully saturated rings. The van der Waals surface area contributed by atoms with Crippen molar-refractivity contribution in [3.63, 3.8) is 0 Å². The van der Waals surface area contributed by atoms with Crippen molar-refractivity contribution >= 4 is 11.9 Å². The molecule has 0 bridgehead atoms. The Kier molecular flexibility index (Phi) is 3.82. The summed E-state index contributed by atoms with van der Waals surface area (Å²) in [6.07, 6.45) is 4.18. The van der Waals surface area contributed by atoms with Crippen molar-refractivity contribution in [1.82, 2.24) is 25.3 Å². The van der Waals surface area contributed by atoms with Crippen molar-refractivity contribution in [2.75, 3.05) is 20.1 Å². The first-order valence-corrected chi connectivity index (χ1v) is 9.08. The fraction of sp³-hybridized carbons (Fsp3) is 0.765. The number of urea groups is 1. The minimum absolute atomic E-state index is 0.0105. The number of amides is 3. The van der Waals surface area contributed by atoms with E-state index in [-0.39, 0.29) is 23.9 Å². The van der Waals surface area contributed by atoms with E-state index in [0.717, 1.165) is 44.6 Å². The minimum Gasteiger partial charge on any atom is -0.338 e. The number of piperidine rings is 1. The molecule has 136 valence electrons. The van der Waals surface area contributed by atoms with Gasteiger partial charge in [-0.05, 0) is 46.1 Å². The average molecular weight is 347 g/mol. The van der Waals surface area contributed by atoms with Gasteiger partial charge in [0, 0.05) is 25.4 Å². The van der Waals surface area contributed by atoms with Crippen molar-refractivity contribution in [3.8, 4) is 0 Å². The van der Waals surface area contributed by atoms with Crippen LogP contribution < -0.4 is 5.32 Å². The Morgan fingerprint density at radius 3 is 2.72 bits per heavy atom. The SMILES string of the molecule is C[C@H](c1nc(C2CC2)no1)N1CCC[C@H]([C@]2(C)NC(=O)N(C)C2=O)C1. The molecule has 25 heavy (non-hydrogen) atoms. The number of imide groups is 1. The number of likely N-dealkylation sites (tertiary alicyclic amines) is 1. The number of aromatic nitrogens is 2. The predicted octanol–water partition coefficient (Wildman–Crippen LogP) is 1.66. The fourth-order valence-corrected chi connectivity index (χ4v) is 3.99. The molecule has 2 aliphatic heterocycles. The number of nitrogens with one attached hydrogen (secondary N) is 1. The van der Waals surface area contributed by atoms with Gasteiger partial charge >= 0.3 is 6.03 Å². The first-order chi connectivity index (χ1) is 11.9. The monoisotopic (exact) mass is 347 g/mol. The van der Waals surface area contributed by atoms with Crippen molar-refractivity contribution in [1.29, 1.82) is 0 Å². The Morgan fingerprint density at radius 2 is 2.08 bits per heavy atom. The summed E-state index contributed by atoms with van der Waals surface area (Å²) in [5.74, 6) is 1.86. The molecule has 4 rings (SSSR count). The average Bonchev–Trinajstić information content (AvgIpc) is 3.32. The normalized spacial score (nSPS) is 32.1. The van der Waals surface area contributed by atoms with Gasteiger partial charge in [0.05, 0.1) is 6.04 Å². The summed E-state index contributed by atoms with van der Waals surface area (Å²) in [5, 5.41) is 6.99. The van der Waals surface area contributed by atoms with E-state index in [1.807, 2.05) is 6.92 Å². The van der Waals surface area contributed by atoms with E-state index in [9.17, 15) is 9.59 Å². The number of likely N-dealkylation sites (N-methyl/N-ethyl adjacent to an activating group) is 1. The molecule has 1 aliphatic carbocycles. The molecule has 3 amide bonds. The van der Waals surface area contributed by atoms with Gasteiger partial charge in [0.2, 0.25) is 5.89 Å². The lowest BCUT2D eigenvalue weighted by atomic mass is 9.79. The number of hydrogen-bond acceptors (Lipinski definition) is 6. The Balaban J connectivity index is 1.48. The molecule has 3 aliphatic rings. The summed E-state index contributed by atoms with van der Waals surface area (Å²) in [4.78, 5) is 32.5. The third kappa shape index (κ3) is 2.72. The topological polar surface area (TPSA) is 91.6 Å². The van der Waals surface area contributed by atoms with E-state index in [4.69, 9.17) is 4.52 Å². The molecule has 3 heterocycles. The Morgan fingerprint density at radius 1 is 1.32 bits per heavy atom. The molecule has 1 saturated carbocycles. The van der Waals surface area contributed by atoms with Crippen LogP contribution >= 0.6 is 0 Å². The van der Waals surface area contributed by atoms with Gasteiger partial charge in [-0.25, -0.2) is 4.79 Å². The maximum Gasteiger partial charge on any atom is 0.324 e. The van der Waals surface area contributed by atoms with Crippen LogP contribution in [0.1, 0.15) is 63.2 Å². The molecule has 0 radical (unpaired) electrons. The second-order valence-electron chi connectivity index (χ2n) is 7.77. The second-order valence-corrected chi connectivity index (χ2v) is 7.77. The molecular formula is C17H25N5O3. The third-order valence-corrected chi connectivity index (χ3v) is 5.99. The van der Waals surface area contributed by atoms with Crippen LogP contribution in [0.5, 0.6) is 0 Å². The van der Waals surface area contributed by atoms with E-state index in [1.54, 1.807) is 0 Å². The van der Waals surface area contributed by atoms with Crippen molar-refractivity contribution in [2.24, 2.45) is 5.92 Å². The number of carbonyl (C=O) groups excluding carboxylic acids is 2.